The Morgan fingerprint density at radius 1 is 1.03 bits per heavy atom. The number of likely N-dealkylation sites (tertiary alicyclic amines) is 1. The average molecular weight is 620 g/mol. The van der Waals surface area contributed by atoms with E-state index in [1.165, 1.54) is 9.13 Å². The molecule has 0 unspecified atom stereocenters. The average Bonchev–Trinajstić information content (AvgIpc) is 2.94. The van der Waals surface area contributed by atoms with Crippen LogP contribution in [-0.2, 0) is 13.0 Å². The summed E-state index contributed by atoms with van der Waals surface area (Å²) in [7, 11) is 0. The first-order valence-corrected chi connectivity index (χ1v) is 14.4. The summed E-state index contributed by atoms with van der Waals surface area (Å²) in [6.45, 7) is 4.68. The van der Waals surface area contributed by atoms with Gasteiger partial charge in [0.05, 0.1) is 17.2 Å². The number of carbonyl (C=O) groups excluding carboxylic acids is 1. The van der Waals surface area contributed by atoms with Crippen molar-refractivity contribution in [1.29, 1.82) is 0 Å². The lowest BCUT2D eigenvalue weighted by Crippen LogP contribution is -2.45. The molecule has 3 aromatic carbocycles. The monoisotopic (exact) mass is 619 g/mol. The second-order valence-corrected chi connectivity index (χ2v) is 11.6. The molecule has 0 spiro atoms. The summed E-state index contributed by atoms with van der Waals surface area (Å²) in [5.74, 6) is -0.0709. The Bertz CT molecular complexity index is 1380. The van der Waals surface area contributed by atoms with Crippen molar-refractivity contribution in [1.82, 2.24) is 15.2 Å². The lowest BCUT2D eigenvalue weighted by Gasteiger charge is -2.38. The minimum atomic E-state index is -0.717. The molecule has 38 heavy (non-hydrogen) atoms. The summed E-state index contributed by atoms with van der Waals surface area (Å²) < 4.78 is 1.18. The number of nitrogens with one attached hydrogen (secondary N) is 1. The van der Waals surface area contributed by atoms with Crippen molar-refractivity contribution in [2.24, 2.45) is 0 Å². The van der Waals surface area contributed by atoms with E-state index in [4.69, 9.17) is 0 Å². The highest BCUT2D eigenvalue weighted by molar-refractivity contribution is 14.1. The second-order valence-electron chi connectivity index (χ2n) is 10.4. The smallest absolute Gasteiger partial charge is 0.251 e. The zero-order valence-corrected chi connectivity index (χ0v) is 23.9. The van der Waals surface area contributed by atoms with E-state index in [1.807, 2.05) is 36.5 Å². The number of nitrogens with zero attached hydrogens (tertiary/aromatic N) is 2. The van der Waals surface area contributed by atoms with Crippen LogP contribution in [0.2, 0.25) is 0 Å². The van der Waals surface area contributed by atoms with E-state index in [0.717, 1.165) is 60.9 Å². The number of rotatable bonds is 8. The molecular weight excluding hydrogens is 585 g/mol. The number of piperidine rings is 1. The predicted octanol–water partition coefficient (Wildman–Crippen LogP) is 6.29. The van der Waals surface area contributed by atoms with Crippen LogP contribution in [0, 0.1) is 3.57 Å². The zero-order chi connectivity index (χ0) is 26.5. The molecule has 5 nitrogen and oxygen atoms in total. The molecule has 5 rings (SSSR count). The first-order valence-electron chi connectivity index (χ1n) is 13.3. The van der Waals surface area contributed by atoms with Gasteiger partial charge < -0.3 is 10.4 Å². The standard InChI is InChI=1S/C32H34IN3O2/c1-2-29(25-10-12-28(33)13-11-25)35-31(37)26-8-5-23(6-9-26)21-32(38)15-18-36(19-16-32)22-24-7-14-30-27(20-24)4-3-17-34-30/h3-14,17,20,29,38H,2,15-16,18-19,21-22H2,1H3,(H,35,37)/t29-/m1/s1. The van der Waals surface area contributed by atoms with Crippen molar-refractivity contribution >= 4 is 39.4 Å². The highest BCUT2D eigenvalue weighted by atomic mass is 127. The molecule has 2 heterocycles. The van der Waals surface area contributed by atoms with Gasteiger partial charge in [0.2, 0.25) is 0 Å². The van der Waals surface area contributed by atoms with Gasteiger partial charge in [0.1, 0.15) is 0 Å². The van der Waals surface area contributed by atoms with Gasteiger partial charge in [-0.15, -0.1) is 0 Å². The number of amides is 1. The van der Waals surface area contributed by atoms with Crippen LogP contribution in [0.5, 0.6) is 0 Å². The molecule has 1 aliphatic rings. The Balaban J connectivity index is 1.14. The third kappa shape index (κ3) is 6.60. The summed E-state index contributed by atoms with van der Waals surface area (Å²) in [4.78, 5) is 19.7. The van der Waals surface area contributed by atoms with Crippen LogP contribution in [0.25, 0.3) is 10.9 Å². The quantitative estimate of drug-likeness (QED) is 0.228. The van der Waals surface area contributed by atoms with E-state index in [-0.39, 0.29) is 11.9 Å². The minimum Gasteiger partial charge on any atom is -0.389 e. The van der Waals surface area contributed by atoms with Crippen LogP contribution >= 0.6 is 22.6 Å². The fraction of sp³-hybridized carbons (Fsp3) is 0.312. The predicted molar refractivity (Wildman–Crippen MR) is 161 cm³/mol. The fourth-order valence-electron chi connectivity index (χ4n) is 5.30. The number of hydrogen-bond acceptors (Lipinski definition) is 4. The number of fused-ring (bicyclic) bond motifs is 1. The third-order valence-corrected chi connectivity index (χ3v) is 8.31. The molecule has 4 aromatic rings. The Morgan fingerprint density at radius 3 is 2.45 bits per heavy atom. The van der Waals surface area contributed by atoms with E-state index < -0.39 is 5.60 Å². The van der Waals surface area contributed by atoms with Crippen molar-refractivity contribution in [2.75, 3.05) is 13.1 Å². The third-order valence-electron chi connectivity index (χ3n) is 7.60. The first kappa shape index (κ1) is 26.8. The SMILES string of the molecule is CC[C@@H](NC(=O)c1ccc(CC2(O)CCN(Cc3ccc4ncccc4c3)CC2)cc1)c1ccc(I)cc1. The first-order chi connectivity index (χ1) is 18.4. The number of aromatic nitrogens is 1. The van der Waals surface area contributed by atoms with E-state index in [1.54, 1.807) is 0 Å². The van der Waals surface area contributed by atoms with Gasteiger partial charge in [-0.05, 0) is 101 Å². The molecule has 1 aromatic heterocycles. The van der Waals surface area contributed by atoms with E-state index in [2.05, 4.69) is 93.2 Å². The van der Waals surface area contributed by atoms with Crippen molar-refractivity contribution in [2.45, 2.75) is 50.8 Å². The molecule has 2 N–H and O–H groups in total. The Morgan fingerprint density at radius 2 is 1.74 bits per heavy atom. The van der Waals surface area contributed by atoms with Crippen LogP contribution in [0.3, 0.4) is 0 Å². The summed E-state index contributed by atoms with van der Waals surface area (Å²) in [5, 5.41) is 15.6. The van der Waals surface area contributed by atoms with Gasteiger partial charge in [-0.25, -0.2) is 0 Å². The van der Waals surface area contributed by atoms with Gasteiger partial charge >= 0.3 is 0 Å². The molecule has 196 valence electrons. The van der Waals surface area contributed by atoms with Crippen molar-refractivity contribution in [3.05, 3.63) is 111 Å². The summed E-state index contributed by atoms with van der Waals surface area (Å²) in [5.41, 5.74) is 4.39. The number of pyridine rings is 1. The van der Waals surface area contributed by atoms with E-state index in [9.17, 15) is 9.90 Å². The van der Waals surface area contributed by atoms with Gasteiger partial charge in [-0.3, -0.25) is 14.7 Å². The van der Waals surface area contributed by atoms with E-state index >= 15 is 0 Å². The maximum absolute atomic E-state index is 12.9. The van der Waals surface area contributed by atoms with E-state index in [0.29, 0.717) is 12.0 Å². The van der Waals surface area contributed by atoms with Crippen LogP contribution in [0.1, 0.15) is 59.3 Å². The lowest BCUT2D eigenvalue weighted by molar-refractivity contribution is -0.0224. The second kappa shape index (κ2) is 11.9. The van der Waals surface area contributed by atoms with Gasteiger partial charge in [0.25, 0.3) is 5.91 Å². The highest BCUT2D eigenvalue weighted by Gasteiger charge is 2.32. The lowest BCUT2D eigenvalue weighted by atomic mass is 9.85. The Kier molecular flexibility index (Phi) is 8.41. The fourth-order valence-corrected chi connectivity index (χ4v) is 5.66. The highest BCUT2D eigenvalue weighted by Crippen LogP contribution is 2.28. The van der Waals surface area contributed by atoms with Crippen molar-refractivity contribution in [3.8, 4) is 0 Å². The molecule has 0 radical (unpaired) electrons. The van der Waals surface area contributed by atoms with Gasteiger partial charge in [0, 0.05) is 46.8 Å². The molecule has 1 fully saturated rings. The number of carbonyl (C=O) groups is 1. The zero-order valence-electron chi connectivity index (χ0n) is 21.7. The Labute approximate surface area is 238 Å². The molecule has 1 atom stereocenters. The molecule has 6 heteroatoms. The molecule has 0 bridgehead atoms. The van der Waals surface area contributed by atoms with Crippen molar-refractivity contribution < 1.29 is 9.90 Å². The molecule has 0 saturated carbocycles. The topological polar surface area (TPSA) is 65.5 Å². The van der Waals surface area contributed by atoms with Gasteiger partial charge in [-0.1, -0.05) is 43.3 Å². The molecule has 1 aliphatic heterocycles. The molecule has 0 aliphatic carbocycles. The van der Waals surface area contributed by atoms with Gasteiger partial charge in [0.15, 0.2) is 0 Å². The van der Waals surface area contributed by atoms with Crippen LogP contribution in [0.15, 0.2) is 85.1 Å². The number of halogens is 1. The number of aliphatic hydroxyl groups is 1. The van der Waals surface area contributed by atoms with Crippen LogP contribution < -0.4 is 5.32 Å². The van der Waals surface area contributed by atoms with Crippen molar-refractivity contribution in [3.63, 3.8) is 0 Å². The molecule has 1 amide bonds. The van der Waals surface area contributed by atoms with Gasteiger partial charge in [-0.2, -0.15) is 0 Å². The normalized spacial score (nSPS) is 16.3. The van der Waals surface area contributed by atoms with Crippen LogP contribution in [0.4, 0.5) is 0 Å². The summed E-state index contributed by atoms with van der Waals surface area (Å²) in [6, 6.07) is 26.5. The molecular formula is C32H34IN3O2. The summed E-state index contributed by atoms with van der Waals surface area (Å²) in [6.07, 6.45) is 4.72. The maximum atomic E-state index is 12.9. The largest absolute Gasteiger partial charge is 0.389 e. The number of hydrogen-bond donors (Lipinski definition) is 2. The summed E-state index contributed by atoms with van der Waals surface area (Å²) >= 11 is 2.29. The maximum Gasteiger partial charge on any atom is 0.251 e. The minimum absolute atomic E-state index is 0.0173. The van der Waals surface area contributed by atoms with Crippen LogP contribution in [-0.4, -0.2) is 39.6 Å². The number of benzene rings is 3. The Hall–Kier alpha value is -2.81. The molecule has 1 saturated heterocycles.